The number of fused-ring (bicyclic) bond motifs is 6. The molecule has 0 aliphatic carbocycles. The fourth-order valence-electron chi connectivity index (χ4n) is 3.94. The lowest BCUT2D eigenvalue weighted by Crippen LogP contribution is -2.43. The van der Waals surface area contributed by atoms with E-state index in [9.17, 15) is 4.79 Å². The Hall–Kier alpha value is -2.76. The van der Waals surface area contributed by atoms with Crippen LogP contribution in [0.4, 0.5) is 0 Å². The highest BCUT2D eigenvalue weighted by Crippen LogP contribution is 2.49. The van der Waals surface area contributed by atoms with Crippen molar-refractivity contribution in [1.29, 1.82) is 0 Å². The van der Waals surface area contributed by atoms with Crippen LogP contribution in [0, 0.1) is 6.92 Å². The van der Waals surface area contributed by atoms with E-state index in [0.717, 1.165) is 33.1 Å². The Bertz CT molecular complexity index is 1100. The molecule has 140 valence electrons. The molecular formula is C23H19NO3S. The zero-order valence-electron chi connectivity index (χ0n) is 15.6. The largest absolute Gasteiger partial charge is 0.458 e. The van der Waals surface area contributed by atoms with E-state index in [4.69, 9.17) is 14.5 Å². The van der Waals surface area contributed by atoms with Crippen molar-refractivity contribution in [3.8, 4) is 5.75 Å². The molecule has 0 fully saturated rings. The van der Waals surface area contributed by atoms with Gasteiger partial charge in [0.15, 0.2) is 5.78 Å². The van der Waals surface area contributed by atoms with Gasteiger partial charge in [0.2, 0.25) is 5.79 Å². The molecule has 4 heterocycles. The smallest absolute Gasteiger partial charge is 0.236 e. The first-order chi connectivity index (χ1) is 13.5. The van der Waals surface area contributed by atoms with Crippen LogP contribution in [0.3, 0.4) is 0 Å². The summed E-state index contributed by atoms with van der Waals surface area (Å²) in [5.41, 5.74) is 4.12. The summed E-state index contributed by atoms with van der Waals surface area (Å²) >= 11 is 1.60. The molecule has 28 heavy (non-hydrogen) atoms. The Labute approximate surface area is 167 Å². The average molecular weight is 389 g/mol. The fourth-order valence-corrected chi connectivity index (χ4v) is 4.56. The molecule has 2 aliphatic rings. The van der Waals surface area contributed by atoms with Crippen LogP contribution in [-0.4, -0.2) is 10.8 Å². The highest BCUT2D eigenvalue weighted by atomic mass is 32.1. The van der Waals surface area contributed by atoms with Crippen LogP contribution in [-0.2, 0) is 16.9 Å². The number of carbonyl (C=O) groups is 1. The van der Waals surface area contributed by atoms with Crippen molar-refractivity contribution in [2.24, 2.45) is 0 Å². The van der Waals surface area contributed by atoms with Crippen LogP contribution in [0.2, 0.25) is 0 Å². The van der Waals surface area contributed by atoms with E-state index in [0.29, 0.717) is 12.0 Å². The van der Waals surface area contributed by atoms with Crippen LogP contribution in [0.25, 0.3) is 6.08 Å². The van der Waals surface area contributed by atoms with E-state index < -0.39 is 5.79 Å². The Morgan fingerprint density at radius 2 is 2.14 bits per heavy atom. The minimum Gasteiger partial charge on any atom is -0.458 e. The zero-order chi connectivity index (χ0) is 19.3. The zero-order valence-corrected chi connectivity index (χ0v) is 16.5. The highest BCUT2D eigenvalue weighted by molar-refractivity contribution is 7.10. The predicted octanol–water partition coefficient (Wildman–Crippen LogP) is 5.23. The average Bonchev–Trinajstić information content (AvgIpc) is 3.19. The number of benzene rings is 1. The lowest BCUT2D eigenvalue weighted by Gasteiger charge is -2.44. The van der Waals surface area contributed by atoms with Crippen molar-refractivity contribution in [2.45, 2.75) is 32.2 Å². The molecule has 1 aromatic carbocycles. The first-order valence-corrected chi connectivity index (χ1v) is 10.1. The maximum Gasteiger partial charge on any atom is 0.236 e. The van der Waals surface area contributed by atoms with E-state index in [1.807, 2.05) is 67.8 Å². The SMILES string of the molecule is Cc1nc2c(cc1C(=O)/C=C/c1cccs1)C1(C)Oc3ccccc3C(C2)O1. The lowest BCUT2D eigenvalue weighted by atomic mass is 9.89. The Balaban J connectivity index is 1.54. The van der Waals surface area contributed by atoms with Gasteiger partial charge in [0, 0.05) is 40.6 Å². The maximum absolute atomic E-state index is 12.8. The van der Waals surface area contributed by atoms with E-state index in [1.165, 1.54) is 0 Å². The maximum atomic E-state index is 12.8. The monoisotopic (exact) mass is 389 g/mol. The summed E-state index contributed by atoms with van der Waals surface area (Å²) in [7, 11) is 0. The van der Waals surface area contributed by atoms with Crippen molar-refractivity contribution < 1.29 is 14.3 Å². The second-order valence-corrected chi connectivity index (χ2v) is 8.20. The van der Waals surface area contributed by atoms with Gasteiger partial charge in [-0.25, -0.2) is 0 Å². The molecule has 0 saturated heterocycles. The molecule has 2 bridgehead atoms. The number of pyridine rings is 1. The molecule has 2 aromatic heterocycles. The van der Waals surface area contributed by atoms with Crippen molar-refractivity contribution in [2.75, 3.05) is 0 Å². The van der Waals surface area contributed by atoms with Crippen molar-refractivity contribution >= 4 is 23.2 Å². The standard InChI is InChI=1S/C23H19NO3S/c1-14-17(20(25)10-9-15-6-5-11-28-15)12-18-19(24-14)13-22-16-7-3-4-8-21(16)26-23(18,2)27-22/h3-12,22H,13H2,1-2H3/b10-9+. The number of aromatic nitrogens is 1. The van der Waals surface area contributed by atoms with Crippen LogP contribution in [0.15, 0.2) is 53.9 Å². The summed E-state index contributed by atoms with van der Waals surface area (Å²) in [5.74, 6) is -0.180. The highest BCUT2D eigenvalue weighted by Gasteiger charge is 2.46. The molecule has 0 N–H and O–H groups in total. The quantitative estimate of drug-likeness (QED) is 0.455. The minimum absolute atomic E-state index is 0.0665. The number of rotatable bonds is 3. The Morgan fingerprint density at radius 1 is 1.29 bits per heavy atom. The number of hydrogen-bond acceptors (Lipinski definition) is 5. The number of aryl methyl sites for hydroxylation is 1. The normalized spacial score (nSPS) is 22.4. The van der Waals surface area contributed by atoms with E-state index >= 15 is 0 Å². The van der Waals surface area contributed by atoms with E-state index in [-0.39, 0.29) is 11.9 Å². The van der Waals surface area contributed by atoms with Gasteiger partial charge in [0.05, 0.1) is 11.8 Å². The number of nitrogens with zero attached hydrogens (tertiary/aromatic N) is 1. The van der Waals surface area contributed by atoms with Gasteiger partial charge in [-0.2, -0.15) is 0 Å². The molecule has 0 spiro atoms. The first kappa shape index (κ1) is 17.3. The van der Waals surface area contributed by atoms with Crippen LogP contribution >= 0.6 is 11.3 Å². The summed E-state index contributed by atoms with van der Waals surface area (Å²) in [6.45, 7) is 3.79. The van der Waals surface area contributed by atoms with E-state index in [2.05, 4.69) is 0 Å². The molecule has 0 radical (unpaired) electrons. The molecule has 0 saturated carbocycles. The number of para-hydroxylation sites is 1. The van der Waals surface area contributed by atoms with Gasteiger partial charge < -0.3 is 9.47 Å². The Kier molecular flexibility index (Phi) is 3.96. The minimum atomic E-state index is -0.945. The third kappa shape index (κ3) is 2.79. The molecule has 2 unspecified atom stereocenters. The molecule has 2 aliphatic heterocycles. The number of thiophene rings is 1. The van der Waals surface area contributed by atoms with Gasteiger partial charge in [-0.3, -0.25) is 9.78 Å². The summed E-state index contributed by atoms with van der Waals surface area (Å²) in [4.78, 5) is 18.6. The van der Waals surface area contributed by atoms with Crippen molar-refractivity contribution in [3.63, 3.8) is 0 Å². The number of allylic oxidation sites excluding steroid dienone is 1. The second-order valence-electron chi connectivity index (χ2n) is 7.22. The molecule has 5 heteroatoms. The third-order valence-electron chi connectivity index (χ3n) is 5.31. The number of carbonyl (C=O) groups excluding carboxylic acids is 1. The molecular weight excluding hydrogens is 370 g/mol. The topological polar surface area (TPSA) is 48.4 Å². The number of ketones is 1. The molecule has 4 nitrogen and oxygen atoms in total. The fraction of sp³-hybridized carbons (Fsp3) is 0.217. The molecule has 3 aromatic rings. The Morgan fingerprint density at radius 3 is 2.96 bits per heavy atom. The van der Waals surface area contributed by atoms with Gasteiger partial charge in [-0.15, -0.1) is 11.3 Å². The third-order valence-corrected chi connectivity index (χ3v) is 6.14. The molecule has 5 rings (SSSR count). The van der Waals surface area contributed by atoms with Crippen LogP contribution in [0.1, 0.15) is 50.8 Å². The lowest BCUT2D eigenvalue weighted by molar-refractivity contribution is -0.236. The van der Waals surface area contributed by atoms with Crippen LogP contribution in [0.5, 0.6) is 5.75 Å². The molecule has 0 amide bonds. The first-order valence-electron chi connectivity index (χ1n) is 9.26. The van der Waals surface area contributed by atoms with Gasteiger partial charge in [0.1, 0.15) is 5.75 Å². The second kappa shape index (κ2) is 6.40. The number of ether oxygens (including phenoxy) is 2. The van der Waals surface area contributed by atoms with E-state index in [1.54, 1.807) is 17.4 Å². The summed E-state index contributed by atoms with van der Waals surface area (Å²) in [6.07, 6.45) is 4.03. The van der Waals surface area contributed by atoms with Gasteiger partial charge in [0.25, 0.3) is 0 Å². The summed E-state index contributed by atoms with van der Waals surface area (Å²) in [6, 6.07) is 13.8. The van der Waals surface area contributed by atoms with Crippen LogP contribution < -0.4 is 4.74 Å². The van der Waals surface area contributed by atoms with Crippen molar-refractivity contribution in [3.05, 3.63) is 86.9 Å². The summed E-state index contributed by atoms with van der Waals surface area (Å²) < 4.78 is 12.5. The van der Waals surface area contributed by atoms with Gasteiger partial charge in [-0.05, 0) is 42.7 Å². The predicted molar refractivity (Wildman–Crippen MR) is 109 cm³/mol. The summed E-state index contributed by atoms with van der Waals surface area (Å²) in [5, 5.41) is 1.99. The number of hydrogen-bond donors (Lipinski definition) is 0. The molecule has 2 atom stereocenters. The van der Waals surface area contributed by atoms with Gasteiger partial charge >= 0.3 is 0 Å². The van der Waals surface area contributed by atoms with Crippen molar-refractivity contribution in [1.82, 2.24) is 4.98 Å². The van der Waals surface area contributed by atoms with Gasteiger partial charge in [-0.1, -0.05) is 24.3 Å².